The number of hydrogen-bond donors (Lipinski definition) is 0. The number of nitriles is 1. The average Bonchev–Trinajstić information content (AvgIpc) is 3.60. The van der Waals surface area contributed by atoms with Crippen molar-refractivity contribution in [1.29, 1.82) is 5.26 Å². The van der Waals surface area contributed by atoms with E-state index in [0.29, 0.717) is 16.9 Å². The summed E-state index contributed by atoms with van der Waals surface area (Å²) in [7, 11) is 0. The Morgan fingerprint density at radius 1 is 0.568 bits per heavy atom. The maximum absolute atomic E-state index is 9.68. The van der Waals surface area contributed by atoms with Gasteiger partial charge in [-0.1, -0.05) is 72.8 Å². The quantitative estimate of drug-likeness (QED) is 0.199. The second-order valence-electron chi connectivity index (χ2n) is 10.7. The zero-order valence-electron chi connectivity index (χ0n) is 23.4. The SMILES string of the molecule is [C-]#[N+]c1ccc(-n2c3ccc(C#N)cc3c3cccc(-c4ccc5c(c4)c4ccccc4n5-c4ccccc4[N+]#[C-])c32)cc1. The highest BCUT2D eigenvalue weighted by Gasteiger charge is 2.19. The predicted molar refractivity (Wildman–Crippen MR) is 178 cm³/mol. The van der Waals surface area contributed by atoms with Gasteiger partial charge in [0, 0.05) is 32.8 Å². The van der Waals surface area contributed by atoms with E-state index in [2.05, 4.69) is 79.5 Å². The van der Waals surface area contributed by atoms with Crippen molar-refractivity contribution >= 4 is 55.0 Å². The molecule has 0 saturated heterocycles. The van der Waals surface area contributed by atoms with Crippen molar-refractivity contribution in [3.63, 3.8) is 0 Å². The van der Waals surface area contributed by atoms with Crippen molar-refractivity contribution in [3.8, 4) is 28.6 Å². The summed E-state index contributed by atoms with van der Waals surface area (Å²) in [5, 5.41) is 14.0. The van der Waals surface area contributed by atoms with Crippen molar-refractivity contribution in [2.45, 2.75) is 0 Å². The fourth-order valence-electron chi connectivity index (χ4n) is 6.46. The lowest BCUT2D eigenvalue weighted by atomic mass is 9.99. The molecule has 202 valence electrons. The van der Waals surface area contributed by atoms with Gasteiger partial charge in [0.05, 0.1) is 52.5 Å². The van der Waals surface area contributed by atoms with Crippen LogP contribution in [0.5, 0.6) is 0 Å². The first-order valence-electron chi connectivity index (χ1n) is 14.2. The standard InChI is InChI=1S/C39H21N5/c1-41-27-16-18-28(19-17-27)43-36-20-14-25(24-40)22-32(36)31-10-7-9-29(39(31)43)26-15-21-37-33(23-26)30-8-3-5-12-35(30)44(37)38-13-6-4-11-34(38)42-2/h3-23H. The lowest BCUT2D eigenvalue weighted by molar-refractivity contribution is 1.18. The zero-order valence-corrected chi connectivity index (χ0v) is 23.4. The number of hydrogen-bond acceptors (Lipinski definition) is 1. The van der Waals surface area contributed by atoms with Crippen molar-refractivity contribution in [2.75, 3.05) is 0 Å². The molecule has 5 nitrogen and oxygen atoms in total. The maximum atomic E-state index is 9.68. The lowest BCUT2D eigenvalue weighted by Gasteiger charge is -2.13. The van der Waals surface area contributed by atoms with E-state index in [-0.39, 0.29) is 0 Å². The van der Waals surface area contributed by atoms with Gasteiger partial charge in [-0.25, -0.2) is 9.69 Å². The van der Waals surface area contributed by atoms with Crippen LogP contribution in [0.4, 0.5) is 11.4 Å². The molecule has 8 aromatic rings. The summed E-state index contributed by atoms with van der Waals surface area (Å²) in [4.78, 5) is 7.39. The van der Waals surface area contributed by atoms with Gasteiger partial charge in [0.2, 0.25) is 5.69 Å². The summed E-state index contributed by atoms with van der Waals surface area (Å²) in [6.45, 7) is 15.2. The molecule has 0 aliphatic heterocycles. The first-order valence-corrected chi connectivity index (χ1v) is 14.2. The van der Waals surface area contributed by atoms with Gasteiger partial charge < -0.3 is 9.13 Å². The molecule has 6 aromatic carbocycles. The number of aromatic nitrogens is 2. The lowest BCUT2D eigenvalue weighted by Crippen LogP contribution is -1.95. The Morgan fingerprint density at radius 2 is 1.27 bits per heavy atom. The Bertz CT molecular complexity index is 2580. The highest BCUT2D eigenvalue weighted by molar-refractivity contribution is 6.16. The van der Waals surface area contributed by atoms with E-state index in [4.69, 9.17) is 13.1 Å². The van der Waals surface area contributed by atoms with Crippen LogP contribution in [0.2, 0.25) is 0 Å². The number of rotatable bonds is 3. The minimum atomic E-state index is 0.586. The van der Waals surface area contributed by atoms with Crippen LogP contribution in [0.15, 0.2) is 127 Å². The third-order valence-corrected chi connectivity index (χ3v) is 8.38. The fraction of sp³-hybridized carbons (Fsp3) is 0. The van der Waals surface area contributed by atoms with Crippen LogP contribution < -0.4 is 0 Å². The van der Waals surface area contributed by atoms with Gasteiger partial charge in [0.25, 0.3) is 0 Å². The largest absolute Gasteiger partial charge is 0.319 e. The molecule has 0 spiro atoms. The van der Waals surface area contributed by atoms with E-state index in [1.807, 2.05) is 72.8 Å². The summed E-state index contributed by atoms with van der Waals surface area (Å²) in [6, 6.07) is 44.7. The molecule has 0 unspecified atom stereocenters. The summed E-state index contributed by atoms with van der Waals surface area (Å²) >= 11 is 0. The molecular weight excluding hydrogens is 538 g/mol. The average molecular weight is 560 g/mol. The Morgan fingerprint density at radius 3 is 2.09 bits per heavy atom. The highest BCUT2D eigenvalue weighted by Crippen LogP contribution is 2.41. The van der Waals surface area contributed by atoms with Gasteiger partial charge in [-0.05, 0) is 60.2 Å². The first-order chi connectivity index (χ1) is 21.7. The van der Waals surface area contributed by atoms with Crippen LogP contribution in [0.3, 0.4) is 0 Å². The van der Waals surface area contributed by atoms with Gasteiger partial charge in [-0.3, -0.25) is 0 Å². The number of para-hydroxylation sites is 4. The molecular formula is C39H21N5. The minimum absolute atomic E-state index is 0.586. The van der Waals surface area contributed by atoms with Crippen molar-refractivity contribution in [1.82, 2.24) is 9.13 Å². The minimum Gasteiger partial charge on any atom is -0.319 e. The molecule has 0 N–H and O–H groups in total. The van der Waals surface area contributed by atoms with Gasteiger partial charge in [0.15, 0.2) is 5.69 Å². The molecule has 0 saturated carbocycles. The van der Waals surface area contributed by atoms with Gasteiger partial charge in [-0.2, -0.15) is 5.26 Å². The summed E-state index contributed by atoms with van der Waals surface area (Å²) < 4.78 is 4.41. The molecule has 0 aliphatic carbocycles. The van der Waals surface area contributed by atoms with Gasteiger partial charge in [0.1, 0.15) is 0 Å². The van der Waals surface area contributed by atoms with Crippen LogP contribution in [-0.2, 0) is 0 Å². The van der Waals surface area contributed by atoms with E-state index in [1.54, 1.807) is 0 Å². The Hall–Kier alpha value is -6.61. The van der Waals surface area contributed by atoms with Crippen LogP contribution >= 0.6 is 0 Å². The zero-order chi connectivity index (χ0) is 29.8. The maximum Gasteiger partial charge on any atom is 0.210 e. The molecule has 8 rings (SSSR count). The summed E-state index contributed by atoms with van der Waals surface area (Å²) in [6.07, 6.45) is 0. The molecule has 2 heterocycles. The van der Waals surface area contributed by atoms with Crippen molar-refractivity contribution < 1.29 is 0 Å². The smallest absolute Gasteiger partial charge is 0.210 e. The van der Waals surface area contributed by atoms with E-state index in [1.165, 1.54) is 0 Å². The molecule has 5 heteroatoms. The van der Waals surface area contributed by atoms with Crippen LogP contribution in [-0.4, -0.2) is 9.13 Å². The van der Waals surface area contributed by atoms with E-state index < -0.39 is 0 Å². The normalized spacial score (nSPS) is 11.1. The number of fused-ring (bicyclic) bond motifs is 6. The third kappa shape index (κ3) is 3.63. The Labute approximate surface area is 253 Å². The number of benzene rings is 6. The second-order valence-corrected chi connectivity index (χ2v) is 10.7. The molecule has 0 fully saturated rings. The topological polar surface area (TPSA) is 42.4 Å². The molecule has 0 radical (unpaired) electrons. The van der Waals surface area contributed by atoms with E-state index >= 15 is 0 Å². The van der Waals surface area contributed by atoms with Crippen LogP contribution in [0.1, 0.15) is 5.56 Å². The van der Waals surface area contributed by atoms with Crippen molar-refractivity contribution in [3.05, 3.63) is 156 Å². The predicted octanol–water partition coefficient (Wildman–Crippen LogP) is 10.5. The number of nitrogens with zero attached hydrogens (tertiary/aromatic N) is 5. The molecule has 0 aliphatic rings. The van der Waals surface area contributed by atoms with E-state index in [9.17, 15) is 5.26 Å². The van der Waals surface area contributed by atoms with Crippen molar-refractivity contribution in [2.24, 2.45) is 0 Å². The van der Waals surface area contributed by atoms with Gasteiger partial charge >= 0.3 is 0 Å². The molecule has 0 bridgehead atoms. The molecule has 0 atom stereocenters. The summed E-state index contributed by atoms with van der Waals surface area (Å²) in [5.41, 5.74) is 9.85. The Kier molecular flexibility index (Phi) is 5.56. The fourth-order valence-corrected chi connectivity index (χ4v) is 6.46. The second kappa shape index (κ2) is 9.74. The third-order valence-electron chi connectivity index (χ3n) is 8.38. The first kappa shape index (κ1) is 25.1. The van der Waals surface area contributed by atoms with Crippen LogP contribution in [0, 0.1) is 24.5 Å². The monoisotopic (exact) mass is 559 g/mol. The van der Waals surface area contributed by atoms with Gasteiger partial charge in [-0.15, -0.1) is 0 Å². The van der Waals surface area contributed by atoms with E-state index in [0.717, 1.165) is 66.1 Å². The molecule has 2 aromatic heterocycles. The highest BCUT2D eigenvalue weighted by atomic mass is 15.0. The van der Waals surface area contributed by atoms with Crippen LogP contribution in [0.25, 0.3) is 75.8 Å². The molecule has 44 heavy (non-hydrogen) atoms. The molecule has 0 amide bonds. The Balaban J connectivity index is 1.45. The summed E-state index contributed by atoms with van der Waals surface area (Å²) in [5.74, 6) is 0.